The molecule has 0 aliphatic heterocycles. The fraction of sp³-hybridized carbons (Fsp3) is 0.0476. The third-order valence-corrected chi connectivity index (χ3v) is 5.97. The number of thioether (sulfide) groups is 1. The van der Waals surface area contributed by atoms with Crippen molar-refractivity contribution in [2.45, 2.75) is 5.22 Å². The van der Waals surface area contributed by atoms with E-state index in [0.29, 0.717) is 20.2 Å². The van der Waals surface area contributed by atoms with Crippen molar-refractivity contribution in [3.63, 3.8) is 0 Å². The molecule has 2 aromatic heterocycles. The zero-order valence-electron chi connectivity index (χ0n) is 14.1. The summed E-state index contributed by atoms with van der Waals surface area (Å²) in [4.78, 5) is 17.6. The number of halogens is 1. The van der Waals surface area contributed by atoms with Gasteiger partial charge in [0.15, 0.2) is 11.5 Å². The van der Waals surface area contributed by atoms with E-state index in [9.17, 15) is 4.79 Å². The predicted octanol–water partition coefficient (Wildman–Crippen LogP) is 6.70. The van der Waals surface area contributed by atoms with Crippen molar-refractivity contribution in [2.75, 3.05) is 5.75 Å². The summed E-state index contributed by atoms with van der Waals surface area (Å²) in [5.74, 6) is 0.966. The molecule has 0 radical (unpaired) electrons. The van der Waals surface area contributed by atoms with Crippen LogP contribution in [0.15, 0.2) is 82.4 Å². The van der Waals surface area contributed by atoms with E-state index in [1.54, 1.807) is 12.1 Å². The van der Waals surface area contributed by atoms with Crippen LogP contribution in [0.2, 0.25) is 4.34 Å². The number of thiophene rings is 1. The Morgan fingerprint density at radius 1 is 0.963 bits per heavy atom. The van der Waals surface area contributed by atoms with E-state index in [1.165, 1.54) is 23.1 Å². The highest BCUT2D eigenvalue weighted by Gasteiger charge is 2.18. The van der Waals surface area contributed by atoms with Gasteiger partial charge in [0, 0.05) is 11.1 Å². The number of carbonyl (C=O) groups is 1. The second-order valence-electron chi connectivity index (χ2n) is 5.71. The highest BCUT2D eigenvalue weighted by atomic mass is 35.5. The van der Waals surface area contributed by atoms with Crippen LogP contribution in [-0.2, 0) is 0 Å². The van der Waals surface area contributed by atoms with Crippen molar-refractivity contribution in [1.29, 1.82) is 0 Å². The second-order valence-corrected chi connectivity index (χ2v) is 8.35. The number of carbonyl (C=O) groups excluding carboxylic acids is 1. The Hall–Kier alpha value is -2.34. The third-order valence-electron chi connectivity index (χ3n) is 3.87. The molecule has 27 heavy (non-hydrogen) atoms. The van der Waals surface area contributed by atoms with Gasteiger partial charge in [0.05, 0.1) is 15.0 Å². The highest BCUT2D eigenvalue weighted by molar-refractivity contribution is 7.99. The van der Waals surface area contributed by atoms with Gasteiger partial charge in [-0.1, -0.05) is 84.0 Å². The molecule has 0 aliphatic rings. The van der Waals surface area contributed by atoms with Crippen LogP contribution in [0.5, 0.6) is 0 Å². The van der Waals surface area contributed by atoms with Crippen molar-refractivity contribution in [1.82, 2.24) is 4.98 Å². The standard InChI is InChI=1S/C21H14ClNO2S2/c22-18-12-11-17(27-18)16(24)13-26-21-23-19(14-7-3-1-4-8-14)20(25-21)15-9-5-2-6-10-15/h1-12H,13H2. The van der Waals surface area contributed by atoms with Crippen LogP contribution in [0, 0.1) is 0 Å². The van der Waals surface area contributed by atoms with Gasteiger partial charge in [-0.2, -0.15) is 0 Å². The molecule has 6 heteroatoms. The summed E-state index contributed by atoms with van der Waals surface area (Å²) in [5, 5.41) is 0.476. The van der Waals surface area contributed by atoms with E-state index < -0.39 is 0 Å². The van der Waals surface area contributed by atoms with Crippen LogP contribution in [0.3, 0.4) is 0 Å². The van der Waals surface area contributed by atoms with E-state index in [0.717, 1.165) is 16.8 Å². The van der Waals surface area contributed by atoms with Gasteiger partial charge < -0.3 is 4.42 Å². The van der Waals surface area contributed by atoms with Crippen LogP contribution < -0.4 is 0 Å². The first-order chi connectivity index (χ1) is 13.2. The molecule has 0 N–H and O–H groups in total. The quantitative estimate of drug-likeness (QED) is 0.261. The van der Waals surface area contributed by atoms with Crippen molar-refractivity contribution >= 4 is 40.5 Å². The SMILES string of the molecule is O=C(CSc1nc(-c2ccccc2)c(-c2ccccc2)o1)c1ccc(Cl)s1. The summed E-state index contributed by atoms with van der Waals surface area (Å²) in [7, 11) is 0. The number of benzene rings is 2. The van der Waals surface area contributed by atoms with Gasteiger partial charge in [0.2, 0.25) is 0 Å². The maximum Gasteiger partial charge on any atom is 0.257 e. The minimum absolute atomic E-state index is 0.0117. The molecule has 0 saturated heterocycles. The van der Waals surface area contributed by atoms with Gasteiger partial charge in [-0.15, -0.1) is 11.3 Å². The molecule has 3 nitrogen and oxygen atoms in total. The lowest BCUT2D eigenvalue weighted by Gasteiger charge is -2.00. The smallest absolute Gasteiger partial charge is 0.257 e. The molecule has 0 amide bonds. The number of rotatable bonds is 6. The number of hydrogen-bond donors (Lipinski definition) is 0. The lowest BCUT2D eigenvalue weighted by molar-refractivity contribution is 0.102. The molecule has 2 aromatic carbocycles. The third kappa shape index (κ3) is 4.16. The summed E-state index contributed by atoms with van der Waals surface area (Å²) in [6.45, 7) is 0. The molecule has 134 valence electrons. The Bertz CT molecular complexity index is 1000. The monoisotopic (exact) mass is 411 g/mol. The molecule has 0 bridgehead atoms. The first-order valence-corrected chi connectivity index (χ1v) is 10.4. The maximum absolute atomic E-state index is 12.3. The summed E-state index contributed by atoms with van der Waals surface area (Å²) < 4.78 is 6.63. The molecule has 0 aliphatic carbocycles. The molecule has 0 saturated carbocycles. The summed E-state index contributed by atoms with van der Waals surface area (Å²) in [6.07, 6.45) is 0. The molecule has 0 atom stereocenters. The van der Waals surface area contributed by atoms with E-state index in [2.05, 4.69) is 4.98 Å². The first kappa shape index (κ1) is 18.0. The average Bonchev–Trinajstić information content (AvgIpc) is 3.34. The van der Waals surface area contributed by atoms with Gasteiger partial charge in [0.1, 0.15) is 5.69 Å². The van der Waals surface area contributed by atoms with Crippen molar-refractivity contribution in [2.24, 2.45) is 0 Å². The summed E-state index contributed by atoms with van der Waals surface area (Å²) >= 11 is 8.49. The average molecular weight is 412 g/mol. The van der Waals surface area contributed by atoms with E-state index in [-0.39, 0.29) is 11.5 Å². The largest absolute Gasteiger partial charge is 0.431 e. The van der Waals surface area contributed by atoms with Crippen LogP contribution in [0.4, 0.5) is 0 Å². The van der Waals surface area contributed by atoms with E-state index >= 15 is 0 Å². The van der Waals surface area contributed by atoms with Crippen molar-refractivity contribution in [3.05, 3.63) is 82.0 Å². The molecule has 2 heterocycles. The van der Waals surface area contributed by atoms with Crippen molar-refractivity contribution in [3.8, 4) is 22.6 Å². The number of aromatic nitrogens is 1. The number of ketones is 1. The van der Waals surface area contributed by atoms with Crippen LogP contribution >= 0.6 is 34.7 Å². The van der Waals surface area contributed by atoms with Gasteiger partial charge in [-0.05, 0) is 12.1 Å². The maximum atomic E-state index is 12.3. The zero-order chi connectivity index (χ0) is 18.6. The molecule has 4 rings (SSSR count). The Labute approximate surface area is 170 Å². The van der Waals surface area contributed by atoms with Gasteiger partial charge in [0.25, 0.3) is 5.22 Å². The highest BCUT2D eigenvalue weighted by Crippen LogP contribution is 2.35. The fourth-order valence-electron chi connectivity index (χ4n) is 2.60. The molecule has 0 spiro atoms. The molecule has 0 unspecified atom stereocenters. The van der Waals surface area contributed by atoms with Gasteiger partial charge in [-0.25, -0.2) is 4.98 Å². The molecular formula is C21H14ClNO2S2. The Kier molecular flexibility index (Phi) is 5.43. The van der Waals surface area contributed by atoms with E-state index in [4.69, 9.17) is 16.0 Å². The molecular weight excluding hydrogens is 398 g/mol. The van der Waals surface area contributed by atoms with E-state index in [1.807, 2.05) is 60.7 Å². The van der Waals surface area contributed by atoms with Crippen LogP contribution in [0.1, 0.15) is 9.67 Å². The Morgan fingerprint density at radius 3 is 2.26 bits per heavy atom. The second kappa shape index (κ2) is 8.13. The lowest BCUT2D eigenvalue weighted by Crippen LogP contribution is -1.99. The summed E-state index contributed by atoms with van der Waals surface area (Å²) in [5.41, 5.74) is 2.70. The topological polar surface area (TPSA) is 43.1 Å². The minimum atomic E-state index is 0.0117. The number of hydrogen-bond acceptors (Lipinski definition) is 5. The number of Topliss-reactive ketones (excluding diaryl/α,β-unsaturated/α-hetero) is 1. The first-order valence-electron chi connectivity index (χ1n) is 8.24. The Balaban J connectivity index is 1.62. The molecule has 4 aromatic rings. The van der Waals surface area contributed by atoms with Crippen molar-refractivity contribution < 1.29 is 9.21 Å². The lowest BCUT2D eigenvalue weighted by atomic mass is 10.1. The summed E-state index contributed by atoms with van der Waals surface area (Å²) in [6, 6.07) is 23.2. The normalized spacial score (nSPS) is 10.9. The number of nitrogens with zero attached hydrogens (tertiary/aromatic N) is 1. The fourth-order valence-corrected chi connectivity index (χ4v) is 4.38. The van der Waals surface area contributed by atoms with Gasteiger partial charge >= 0.3 is 0 Å². The van der Waals surface area contributed by atoms with Crippen LogP contribution in [0.25, 0.3) is 22.6 Å². The van der Waals surface area contributed by atoms with Crippen LogP contribution in [-0.4, -0.2) is 16.5 Å². The predicted molar refractivity (Wildman–Crippen MR) is 112 cm³/mol. The number of oxazole rings is 1. The zero-order valence-corrected chi connectivity index (χ0v) is 16.5. The minimum Gasteiger partial charge on any atom is -0.431 e. The molecule has 0 fully saturated rings. The Morgan fingerprint density at radius 2 is 1.63 bits per heavy atom. The van der Waals surface area contributed by atoms with Gasteiger partial charge in [-0.3, -0.25) is 4.79 Å².